The molecule has 26 heavy (non-hydrogen) atoms. The minimum absolute atomic E-state index is 0.123. The van der Waals surface area contributed by atoms with Gasteiger partial charge in [-0.2, -0.15) is 0 Å². The number of ketones is 1. The van der Waals surface area contributed by atoms with E-state index < -0.39 is 5.25 Å². The van der Waals surface area contributed by atoms with Crippen LogP contribution in [0.1, 0.15) is 17.3 Å². The molecule has 0 aliphatic carbocycles. The number of fused-ring (bicyclic) bond motifs is 1. The van der Waals surface area contributed by atoms with E-state index in [1.165, 1.54) is 36.0 Å². The molecule has 0 radical (unpaired) electrons. The summed E-state index contributed by atoms with van der Waals surface area (Å²) >= 11 is 1.18. The molecule has 7 heteroatoms. The molecular weight excluding hydrogens is 353 g/mol. The first kappa shape index (κ1) is 16.5. The van der Waals surface area contributed by atoms with Crippen molar-refractivity contribution in [1.29, 1.82) is 0 Å². The number of halogens is 1. The lowest BCUT2D eigenvalue weighted by Gasteiger charge is -2.07. The number of aromatic nitrogens is 3. The number of Topliss-reactive ketones (excluding diaryl/α,β-unsaturated/α-hetero) is 1. The number of H-pyrrole nitrogens is 1. The Labute approximate surface area is 152 Å². The number of nitrogens with zero attached hydrogens (tertiary/aromatic N) is 2. The van der Waals surface area contributed by atoms with Crippen molar-refractivity contribution >= 4 is 28.4 Å². The third-order valence-corrected chi connectivity index (χ3v) is 4.94. The number of thioether (sulfide) groups is 1. The fourth-order valence-electron chi connectivity index (χ4n) is 2.67. The van der Waals surface area contributed by atoms with Crippen molar-refractivity contribution in [3.8, 4) is 11.5 Å². The van der Waals surface area contributed by atoms with E-state index in [0.29, 0.717) is 16.7 Å². The Morgan fingerprint density at radius 3 is 2.73 bits per heavy atom. The van der Waals surface area contributed by atoms with E-state index in [1.54, 1.807) is 6.92 Å². The maximum atomic E-state index is 13.0. The van der Waals surface area contributed by atoms with Crippen LogP contribution < -0.4 is 0 Å². The average Bonchev–Trinajstić information content (AvgIpc) is 3.28. The smallest absolute Gasteiger partial charge is 0.277 e. The number of aromatic amines is 1. The highest BCUT2D eigenvalue weighted by Gasteiger charge is 2.21. The average molecular weight is 367 g/mol. The van der Waals surface area contributed by atoms with Gasteiger partial charge in [-0.25, -0.2) is 4.39 Å². The summed E-state index contributed by atoms with van der Waals surface area (Å²) in [6.07, 6.45) is 1.82. The molecule has 2 heterocycles. The van der Waals surface area contributed by atoms with Crippen molar-refractivity contribution in [2.24, 2.45) is 0 Å². The minimum Gasteiger partial charge on any atom is -0.411 e. The van der Waals surface area contributed by atoms with Crippen LogP contribution in [-0.4, -0.2) is 26.2 Å². The van der Waals surface area contributed by atoms with Gasteiger partial charge in [-0.05, 0) is 37.3 Å². The zero-order valence-corrected chi connectivity index (χ0v) is 14.6. The molecule has 0 bridgehead atoms. The predicted molar refractivity (Wildman–Crippen MR) is 97.6 cm³/mol. The van der Waals surface area contributed by atoms with Crippen LogP contribution in [0.4, 0.5) is 4.39 Å². The van der Waals surface area contributed by atoms with Gasteiger partial charge < -0.3 is 9.40 Å². The molecular formula is C19H14FN3O2S. The van der Waals surface area contributed by atoms with Crippen LogP contribution in [0.25, 0.3) is 22.4 Å². The van der Waals surface area contributed by atoms with Crippen LogP contribution in [-0.2, 0) is 0 Å². The summed E-state index contributed by atoms with van der Waals surface area (Å²) in [6.45, 7) is 1.76. The number of hydrogen-bond acceptors (Lipinski definition) is 5. The standard InChI is InChI=1S/C19H14FN3O2S/c1-11(17(24)12-6-8-13(20)9-7-12)26-19-23-22-18(25-19)15-10-21-16-5-3-2-4-14(15)16/h2-11,21H,1H3. The topological polar surface area (TPSA) is 71.8 Å². The largest absolute Gasteiger partial charge is 0.411 e. The SMILES string of the molecule is CC(Sc1nnc(-c2c[nH]c3ccccc23)o1)C(=O)c1ccc(F)cc1. The zero-order valence-electron chi connectivity index (χ0n) is 13.8. The Morgan fingerprint density at radius 2 is 1.92 bits per heavy atom. The van der Waals surface area contributed by atoms with E-state index in [4.69, 9.17) is 4.42 Å². The van der Waals surface area contributed by atoms with Gasteiger partial charge in [0.25, 0.3) is 11.1 Å². The van der Waals surface area contributed by atoms with E-state index >= 15 is 0 Å². The fraction of sp³-hybridized carbons (Fsp3) is 0.105. The summed E-state index contributed by atoms with van der Waals surface area (Å²) in [7, 11) is 0. The van der Waals surface area contributed by atoms with Crippen LogP contribution in [0.15, 0.2) is 64.4 Å². The van der Waals surface area contributed by atoms with E-state index in [1.807, 2.05) is 30.5 Å². The Bertz CT molecular complexity index is 1070. The summed E-state index contributed by atoms with van der Waals surface area (Å²) in [5.41, 5.74) is 2.25. The van der Waals surface area contributed by atoms with E-state index in [2.05, 4.69) is 15.2 Å². The number of carbonyl (C=O) groups is 1. The van der Waals surface area contributed by atoms with Crippen molar-refractivity contribution in [2.45, 2.75) is 17.4 Å². The molecule has 0 saturated heterocycles. The summed E-state index contributed by atoms with van der Waals surface area (Å²) in [5, 5.41) is 8.99. The van der Waals surface area contributed by atoms with Crippen molar-refractivity contribution in [1.82, 2.24) is 15.2 Å². The molecule has 0 amide bonds. The number of hydrogen-bond donors (Lipinski definition) is 1. The molecule has 5 nitrogen and oxygen atoms in total. The van der Waals surface area contributed by atoms with Gasteiger partial charge in [-0.3, -0.25) is 4.79 Å². The minimum atomic E-state index is -0.434. The summed E-state index contributed by atoms with van der Waals surface area (Å²) < 4.78 is 18.7. The molecule has 0 aliphatic rings. The number of benzene rings is 2. The first-order valence-electron chi connectivity index (χ1n) is 7.98. The van der Waals surface area contributed by atoms with Crippen LogP contribution in [0.3, 0.4) is 0 Å². The van der Waals surface area contributed by atoms with Crippen molar-refractivity contribution in [3.63, 3.8) is 0 Å². The lowest BCUT2D eigenvalue weighted by atomic mass is 10.1. The molecule has 0 fully saturated rings. The summed E-state index contributed by atoms with van der Waals surface area (Å²) in [4.78, 5) is 15.6. The molecule has 1 unspecified atom stereocenters. The fourth-order valence-corrected chi connectivity index (χ4v) is 3.43. The molecule has 2 aromatic heterocycles. The molecule has 0 aliphatic heterocycles. The van der Waals surface area contributed by atoms with Crippen molar-refractivity contribution < 1.29 is 13.6 Å². The number of para-hydroxylation sites is 1. The third kappa shape index (κ3) is 3.13. The number of nitrogens with one attached hydrogen (secondary N) is 1. The molecule has 2 aromatic carbocycles. The molecule has 130 valence electrons. The highest BCUT2D eigenvalue weighted by Crippen LogP contribution is 2.31. The second-order valence-corrected chi connectivity index (χ2v) is 7.04. The summed E-state index contributed by atoms with van der Waals surface area (Å²) in [6, 6.07) is 13.3. The van der Waals surface area contributed by atoms with Crippen LogP contribution in [0, 0.1) is 5.82 Å². The van der Waals surface area contributed by atoms with E-state index in [0.717, 1.165) is 16.5 Å². The first-order valence-corrected chi connectivity index (χ1v) is 8.86. The summed E-state index contributed by atoms with van der Waals surface area (Å²) in [5.74, 6) is -0.102. The monoisotopic (exact) mass is 367 g/mol. The van der Waals surface area contributed by atoms with Gasteiger partial charge in [0, 0.05) is 22.7 Å². The molecule has 4 rings (SSSR count). The van der Waals surface area contributed by atoms with Gasteiger partial charge in [0.05, 0.1) is 10.8 Å². The zero-order chi connectivity index (χ0) is 18.1. The Kier molecular flexibility index (Phi) is 4.30. The van der Waals surface area contributed by atoms with E-state index in [9.17, 15) is 9.18 Å². The van der Waals surface area contributed by atoms with Gasteiger partial charge in [-0.1, -0.05) is 30.0 Å². The highest BCUT2D eigenvalue weighted by atomic mass is 32.2. The maximum Gasteiger partial charge on any atom is 0.277 e. The lowest BCUT2D eigenvalue weighted by Crippen LogP contribution is -2.13. The Hall–Kier alpha value is -2.93. The normalized spacial score (nSPS) is 12.4. The van der Waals surface area contributed by atoms with Gasteiger partial charge >= 0.3 is 0 Å². The van der Waals surface area contributed by atoms with Gasteiger partial charge in [0.2, 0.25) is 0 Å². The van der Waals surface area contributed by atoms with Crippen molar-refractivity contribution in [2.75, 3.05) is 0 Å². The molecule has 0 saturated carbocycles. The van der Waals surface area contributed by atoms with Crippen LogP contribution >= 0.6 is 11.8 Å². The Balaban J connectivity index is 1.53. The van der Waals surface area contributed by atoms with Gasteiger partial charge in [0.15, 0.2) is 5.78 Å². The number of carbonyl (C=O) groups excluding carboxylic acids is 1. The van der Waals surface area contributed by atoms with Crippen LogP contribution in [0.2, 0.25) is 0 Å². The molecule has 1 N–H and O–H groups in total. The molecule has 4 aromatic rings. The third-order valence-electron chi connectivity index (χ3n) is 4.00. The first-order chi connectivity index (χ1) is 12.6. The number of rotatable bonds is 5. The second kappa shape index (κ2) is 6.76. The Morgan fingerprint density at radius 1 is 1.15 bits per heavy atom. The van der Waals surface area contributed by atoms with Crippen molar-refractivity contribution in [3.05, 3.63) is 66.1 Å². The van der Waals surface area contributed by atoms with Gasteiger partial charge in [0.1, 0.15) is 5.82 Å². The lowest BCUT2D eigenvalue weighted by molar-refractivity contribution is 0.0993. The highest BCUT2D eigenvalue weighted by molar-refractivity contribution is 8.00. The molecule has 0 spiro atoms. The predicted octanol–water partition coefficient (Wildman–Crippen LogP) is 4.72. The quantitative estimate of drug-likeness (QED) is 0.408. The molecule has 1 atom stereocenters. The maximum absolute atomic E-state index is 13.0. The van der Waals surface area contributed by atoms with Crippen LogP contribution in [0.5, 0.6) is 0 Å². The second-order valence-electron chi connectivity index (χ2n) is 5.75. The van der Waals surface area contributed by atoms with E-state index in [-0.39, 0.29) is 11.6 Å². The van der Waals surface area contributed by atoms with Gasteiger partial charge in [-0.15, -0.1) is 10.2 Å².